The van der Waals surface area contributed by atoms with E-state index in [2.05, 4.69) is 24.8 Å². The van der Waals surface area contributed by atoms with Gasteiger partial charge < -0.3 is 4.42 Å². The maximum absolute atomic E-state index is 12.4. The van der Waals surface area contributed by atoms with Crippen LogP contribution in [-0.2, 0) is 4.79 Å². The molecule has 1 fully saturated rings. The molecule has 0 spiro atoms. The van der Waals surface area contributed by atoms with Crippen molar-refractivity contribution in [2.75, 3.05) is 0 Å². The van der Waals surface area contributed by atoms with E-state index in [-0.39, 0.29) is 11.7 Å². The Hall–Kier alpha value is -2.35. The Morgan fingerprint density at radius 2 is 2.00 bits per heavy atom. The molecule has 2 heteroatoms. The Morgan fingerprint density at radius 3 is 2.86 bits per heavy atom. The zero-order valence-electron chi connectivity index (χ0n) is 11.8. The number of Topliss-reactive ketones (excluding diaryl/α,β-unsaturated/α-hetero) is 1. The van der Waals surface area contributed by atoms with Gasteiger partial charge in [-0.15, -0.1) is 0 Å². The summed E-state index contributed by atoms with van der Waals surface area (Å²) < 4.78 is 5.71. The summed E-state index contributed by atoms with van der Waals surface area (Å²) in [7, 11) is 0. The lowest BCUT2D eigenvalue weighted by atomic mass is 9.80. The zero-order chi connectivity index (χ0) is 14.4. The molecule has 0 radical (unpaired) electrons. The lowest BCUT2D eigenvalue weighted by Gasteiger charge is -2.21. The van der Waals surface area contributed by atoms with E-state index >= 15 is 0 Å². The molecule has 0 bridgehead atoms. The third kappa shape index (κ3) is 1.90. The highest BCUT2D eigenvalue weighted by atomic mass is 16.3. The van der Waals surface area contributed by atoms with E-state index in [4.69, 9.17) is 4.42 Å². The molecule has 1 atom stereocenters. The Labute approximate surface area is 123 Å². The van der Waals surface area contributed by atoms with E-state index in [1.807, 2.05) is 18.2 Å². The molecule has 0 N–H and O–H groups in total. The van der Waals surface area contributed by atoms with Crippen LogP contribution in [0.5, 0.6) is 0 Å². The van der Waals surface area contributed by atoms with Gasteiger partial charge in [-0.2, -0.15) is 0 Å². The SMILES string of the molecule is C=C1CC[C@H](c2coc3ccc4ccccc4c23)C(=O)C1. The van der Waals surface area contributed by atoms with Gasteiger partial charge in [-0.1, -0.05) is 42.5 Å². The number of carbonyl (C=O) groups is 1. The van der Waals surface area contributed by atoms with Gasteiger partial charge in [0.2, 0.25) is 0 Å². The van der Waals surface area contributed by atoms with Gasteiger partial charge in [-0.25, -0.2) is 0 Å². The molecule has 0 unspecified atom stereocenters. The minimum absolute atomic E-state index is 0.0532. The standard InChI is InChI=1S/C19H16O2/c1-12-6-8-15(17(20)10-12)16-11-21-18-9-7-13-4-2-3-5-14(13)19(16)18/h2-5,7,9,11,15H,1,6,8,10H2/t15-/m1/s1. The lowest BCUT2D eigenvalue weighted by Crippen LogP contribution is -2.18. The maximum Gasteiger partial charge on any atom is 0.144 e. The molecule has 1 aliphatic rings. The van der Waals surface area contributed by atoms with Crippen LogP contribution < -0.4 is 0 Å². The smallest absolute Gasteiger partial charge is 0.144 e. The highest BCUT2D eigenvalue weighted by Crippen LogP contribution is 2.39. The van der Waals surface area contributed by atoms with E-state index in [0.717, 1.165) is 40.3 Å². The molecule has 21 heavy (non-hydrogen) atoms. The number of benzene rings is 2. The van der Waals surface area contributed by atoms with Crippen molar-refractivity contribution < 1.29 is 9.21 Å². The fourth-order valence-electron chi connectivity index (χ4n) is 3.39. The average Bonchev–Trinajstić information content (AvgIpc) is 2.91. The number of ketones is 1. The number of hydrogen-bond donors (Lipinski definition) is 0. The second kappa shape index (κ2) is 4.59. The number of hydrogen-bond acceptors (Lipinski definition) is 2. The summed E-state index contributed by atoms with van der Waals surface area (Å²) in [6.45, 7) is 3.95. The van der Waals surface area contributed by atoms with Gasteiger partial charge in [-0.3, -0.25) is 4.79 Å². The van der Waals surface area contributed by atoms with Gasteiger partial charge in [0, 0.05) is 23.3 Å². The first kappa shape index (κ1) is 12.4. The Morgan fingerprint density at radius 1 is 1.14 bits per heavy atom. The molecule has 1 aliphatic carbocycles. The van der Waals surface area contributed by atoms with Crippen molar-refractivity contribution in [3.05, 3.63) is 60.4 Å². The molecule has 0 saturated heterocycles. The van der Waals surface area contributed by atoms with E-state index in [9.17, 15) is 4.79 Å². The Balaban J connectivity index is 1.95. The van der Waals surface area contributed by atoms with Crippen molar-refractivity contribution in [3.63, 3.8) is 0 Å². The Bertz CT molecular complexity index is 870. The molecule has 104 valence electrons. The van der Waals surface area contributed by atoms with Crippen molar-refractivity contribution in [3.8, 4) is 0 Å². The molecule has 0 amide bonds. The first-order valence-electron chi connectivity index (χ1n) is 7.32. The van der Waals surface area contributed by atoms with Crippen molar-refractivity contribution in [2.45, 2.75) is 25.2 Å². The molecule has 2 nitrogen and oxygen atoms in total. The van der Waals surface area contributed by atoms with Crippen LogP contribution in [0.25, 0.3) is 21.7 Å². The van der Waals surface area contributed by atoms with Gasteiger partial charge >= 0.3 is 0 Å². The summed E-state index contributed by atoms with van der Waals surface area (Å²) in [6, 6.07) is 12.3. The molecule has 1 saturated carbocycles. The van der Waals surface area contributed by atoms with Crippen LogP contribution in [0.1, 0.15) is 30.7 Å². The van der Waals surface area contributed by atoms with Crippen LogP contribution >= 0.6 is 0 Å². The van der Waals surface area contributed by atoms with Crippen LogP contribution in [0, 0.1) is 0 Å². The molecular weight excluding hydrogens is 260 g/mol. The van der Waals surface area contributed by atoms with E-state index < -0.39 is 0 Å². The summed E-state index contributed by atoms with van der Waals surface area (Å²) >= 11 is 0. The quantitative estimate of drug-likeness (QED) is 0.587. The summed E-state index contributed by atoms with van der Waals surface area (Å²) in [4.78, 5) is 12.4. The van der Waals surface area contributed by atoms with Crippen molar-refractivity contribution in [1.29, 1.82) is 0 Å². The molecular formula is C19H16O2. The monoisotopic (exact) mass is 276 g/mol. The third-order valence-corrected chi connectivity index (χ3v) is 4.47. The lowest BCUT2D eigenvalue weighted by molar-refractivity contribution is -0.120. The number of carbonyl (C=O) groups excluding carboxylic acids is 1. The van der Waals surface area contributed by atoms with Crippen LogP contribution in [0.2, 0.25) is 0 Å². The number of rotatable bonds is 1. The average molecular weight is 276 g/mol. The highest BCUT2D eigenvalue weighted by molar-refractivity contribution is 6.09. The molecule has 2 aromatic carbocycles. The first-order valence-corrected chi connectivity index (χ1v) is 7.32. The van der Waals surface area contributed by atoms with Gasteiger partial charge in [0.1, 0.15) is 11.4 Å². The largest absolute Gasteiger partial charge is 0.464 e. The predicted molar refractivity (Wildman–Crippen MR) is 84.5 cm³/mol. The second-order valence-electron chi connectivity index (χ2n) is 5.84. The normalized spacial score (nSPS) is 19.5. The van der Waals surface area contributed by atoms with Crippen LogP contribution in [-0.4, -0.2) is 5.78 Å². The minimum Gasteiger partial charge on any atom is -0.464 e. The second-order valence-corrected chi connectivity index (χ2v) is 5.84. The third-order valence-electron chi connectivity index (χ3n) is 4.47. The fourth-order valence-corrected chi connectivity index (χ4v) is 3.39. The predicted octanol–water partition coefficient (Wildman–Crippen LogP) is 4.98. The summed E-state index contributed by atoms with van der Waals surface area (Å²) in [6.07, 6.45) is 4.04. The topological polar surface area (TPSA) is 30.2 Å². The molecule has 1 aromatic heterocycles. The molecule has 1 heterocycles. The van der Waals surface area contributed by atoms with Crippen molar-refractivity contribution in [2.24, 2.45) is 0 Å². The number of fused-ring (bicyclic) bond motifs is 3. The molecule has 4 rings (SSSR count). The first-order chi connectivity index (χ1) is 10.2. The summed E-state index contributed by atoms with van der Waals surface area (Å²) in [5.74, 6) is 0.212. The van der Waals surface area contributed by atoms with Gasteiger partial charge in [0.25, 0.3) is 0 Å². The Kier molecular flexibility index (Phi) is 2.71. The van der Waals surface area contributed by atoms with Gasteiger partial charge in [0.15, 0.2) is 0 Å². The van der Waals surface area contributed by atoms with Gasteiger partial charge in [0.05, 0.1) is 6.26 Å². The molecule has 3 aromatic rings. The summed E-state index contributed by atoms with van der Waals surface area (Å²) in [5, 5.41) is 3.44. The minimum atomic E-state index is -0.0532. The van der Waals surface area contributed by atoms with Crippen LogP contribution in [0.15, 0.2) is 59.2 Å². The van der Waals surface area contributed by atoms with Crippen LogP contribution in [0.3, 0.4) is 0 Å². The fraction of sp³-hybridized carbons (Fsp3) is 0.211. The highest BCUT2D eigenvalue weighted by Gasteiger charge is 2.28. The molecule has 0 aliphatic heterocycles. The van der Waals surface area contributed by atoms with Crippen LogP contribution in [0.4, 0.5) is 0 Å². The van der Waals surface area contributed by atoms with E-state index in [1.54, 1.807) is 6.26 Å². The number of furan rings is 1. The number of allylic oxidation sites excluding steroid dienone is 1. The maximum atomic E-state index is 12.4. The zero-order valence-corrected chi connectivity index (χ0v) is 11.8. The summed E-state index contributed by atoms with van der Waals surface area (Å²) in [5.41, 5.74) is 2.95. The van der Waals surface area contributed by atoms with Gasteiger partial charge in [-0.05, 0) is 29.7 Å². The van der Waals surface area contributed by atoms with Crippen molar-refractivity contribution in [1.82, 2.24) is 0 Å². The van der Waals surface area contributed by atoms with E-state index in [1.165, 1.54) is 5.39 Å². The van der Waals surface area contributed by atoms with E-state index in [0.29, 0.717) is 6.42 Å². The van der Waals surface area contributed by atoms with Crippen molar-refractivity contribution >= 4 is 27.5 Å².